The SMILES string of the molecule is CC1=Cc2c(Br)cc(Br)cc2C1CC1C(C)=Cc2c(Br)cc(Br)cc21. The van der Waals surface area contributed by atoms with Crippen molar-refractivity contribution >= 4 is 75.9 Å². The first-order chi connectivity index (χ1) is 11.8. The van der Waals surface area contributed by atoms with E-state index in [1.54, 1.807) is 0 Å². The highest BCUT2D eigenvalue weighted by Gasteiger charge is 2.32. The third-order valence-corrected chi connectivity index (χ3v) is 7.55. The summed E-state index contributed by atoms with van der Waals surface area (Å²) >= 11 is 14.8. The standard InChI is InChI=1S/C21H16Br4/c1-10-3-18-16(5-12(22)7-20(18)24)14(10)9-15-11(2)4-19-17(15)6-13(23)8-21(19)25/h3-8,14-15H,9H2,1-2H3. The van der Waals surface area contributed by atoms with Crippen molar-refractivity contribution in [2.24, 2.45) is 0 Å². The molecule has 2 aliphatic rings. The van der Waals surface area contributed by atoms with E-state index in [9.17, 15) is 0 Å². The summed E-state index contributed by atoms with van der Waals surface area (Å²) in [6.45, 7) is 4.52. The van der Waals surface area contributed by atoms with Crippen LogP contribution >= 0.6 is 63.7 Å². The number of allylic oxidation sites excluding steroid dienone is 2. The van der Waals surface area contributed by atoms with Crippen molar-refractivity contribution in [3.8, 4) is 0 Å². The van der Waals surface area contributed by atoms with Gasteiger partial charge in [0.15, 0.2) is 0 Å². The van der Waals surface area contributed by atoms with Crippen LogP contribution in [-0.2, 0) is 0 Å². The maximum absolute atomic E-state index is 3.72. The first-order valence-corrected chi connectivity index (χ1v) is 11.4. The molecule has 2 aromatic carbocycles. The molecule has 0 aromatic heterocycles. The smallest absolute Gasteiger partial charge is 0.0261 e. The van der Waals surface area contributed by atoms with Gasteiger partial charge < -0.3 is 0 Å². The third kappa shape index (κ3) is 3.18. The van der Waals surface area contributed by atoms with Crippen LogP contribution in [0.25, 0.3) is 12.2 Å². The number of benzene rings is 2. The molecule has 0 heterocycles. The normalized spacial score (nSPS) is 21.0. The minimum absolute atomic E-state index is 0.459. The van der Waals surface area contributed by atoms with Gasteiger partial charge in [0.05, 0.1) is 0 Å². The van der Waals surface area contributed by atoms with E-state index < -0.39 is 0 Å². The number of hydrogen-bond acceptors (Lipinski definition) is 0. The highest BCUT2D eigenvalue weighted by atomic mass is 79.9. The van der Waals surface area contributed by atoms with Gasteiger partial charge in [-0.25, -0.2) is 0 Å². The van der Waals surface area contributed by atoms with Crippen LogP contribution in [0.5, 0.6) is 0 Å². The van der Waals surface area contributed by atoms with Gasteiger partial charge in [-0.2, -0.15) is 0 Å². The molecule has 0 spiro atoms. The second kappa shape index (κ2) is 6.78. The summed E-state index contributed by atoms with van der Waals surface area (Å²) < 4.78 is 4.61. The van der Waals surface area contributed by atoms with Crippen molar-refractivity contribution in [1.82, 2.24) is 0 Å². The Morgan fingerprint density at radius 2 is 1.08 bits per heavy atom. The summed E-state index contributed by atoms with van der Waals surface area (Å²) in [6, 6.07) is 8.83. The zero-order chi connectivity index (χ0) is 17.9. The lowest BCUT2D eigenvalue weighted by atomic mass is 9.82. The minimum Gasteiger partial charge on any atom is -0.0651 e. The monoisotopic (exact) mass is 584 g/mol. The second-order valence-electron chi connectivity index (χ2n) is 6.90. The van der Waals surface area contributed by atoms with E-state index in [4.69, 9.17) is 0 Å². The van der Waals surface area contributed by atoms with Gasteiger partial charge in [0.1, 0.15) is 0 Å². The maximum Gasteiger partial charge on any atom is 0.0261 e. The van der Waals surface area contributed by atoms with Gasteiger partial charge in [0.25, 0.3) is 0 Å². The predicted molar refractivity (Wildman–Crippen MR) is 121 cm³/mol. The van der Waals surface area contributed by atoms with Crippen LogP contribution in [0, 0.1) is 0 Å². The fourth-order valence-corrected chi connectivity index (χ4v) is 6.84. The Hall–Kier alpha value is -0.160. The van der Waals surface area contributed by atoms with E-state index in [1.165, 1.54) is 42.3 Å². The van der Waals surface area contributed by atoms with Crippen molar-refractivity contribution in [1.29, 1.82) is 0 Å². The minimum atomic E-state index is 0.459. The van der Waals surface area contributed by atoms with E-state index in [0.29, 0.717) is 11.8 Å². The number of hydrogen-bond donors (Lipinski definition) is 0. The van der Waals surface area contributed by atoms with Crippen LogP contribution in [0.1, 0.15) is 54.4 Å². The van der Waals surface area contributed by atoms with Crippen LogP contribution in [-0.4, -0.2) is 0 Å². The molecule has 2 atom stereocenters. The number of fused-ring (bicyclic) bond motifs is 2. The molecule has 0 fully saturated rings. The zero-order valence-electron chi connectivity index (χ0n) is 13.8. The predicted octanol–water partition coefficient (Wildman–Crippen LogP) is 8.83. The van der Waals surface area contributed by atoms with Crippen molar-refractivity contribution < 1.29 is 0 Å². The Balaban J connectivity index is 1.75. The van der Waals surface area contributed by atoms with Crippen LogP contribution in [0.15, 0.2) is 53.3 Å². The molecule has 2 unspecified atom stereocenters. The molecule has 2 aromatic rings. The van der Waals surface area contributed by atoms with Crippen molar-refractivity contribution in [2.75, 3.05) is 0 Å². The molecule has 128 valence electrons. The van der Waals surface area contributed by atoms with Crippen LogP contribution in [0.2, 0.25) is 0 Å². The Morgan fingerprint density at radius 3 is 1.48 bits per heavy atom. The molecule has 0 nitrogen and oxygen atoms in total. The molecule has 0 bridgehead atoms. The molecular formula is C21H16Br4. The first-order valence-electron chi connectivity index (χ1n) is 8.19. The third-order valence-electron chi connectivity index (χ3n) is 5.32. The quantitative estimate of drug-likeness (QED) is 0.329. The van der Waals surface area contributed by atoms with Crippen LogP contribution < -0.4 is 0 Å². The Kier molecular flexibility index (Phi) is 4.94. The Bertz CT molecular complexity index is 875. The topological polar surface area (TPSA) is 0 Å². The molecule has 0 N–H and O–H groups in total. The summed E-state index contributed by atoms with van der Waals surface area (Å²) in [5.74, 6) is 0.918. The average molecular weight is 588 g/mol. The largest absolute Gasteiger partial charge is 0.0651 e. The summed E-state index contributed by atoms with van der Waals surface area (Å²) in [7, 11) is 0. The summed E-state index contributed by atoms with van der Waals surface area (Å²) in [5, 5.41) is 0. The lowest BCUT2D eigenvalue weighted by Crippen LogP contribution is -2.06. The second-order valence-corrected chi connectivity index (χ2v) is 10.4. The molecule has 0 saturated heterocycles. The first kappa shape index (κ1) is 18.2. The fraction of sp³-hybridized carbons (Fsp3) is 0.238. The molecule has 0 amide bonds. The van der Waals surface area contributed by atoms with Crippen molar-refractivity contribution in [3.05, 3.63) is 75.6 Å². The van der Waals surface area contributed by atoms with Gasteiger partial charge >= 0.3 is 0 Å². The van der Waals surface area contributed by atoms with Crippen LogP contribution in [0.4, 0.5) is 0 Å². The Morgan fingerprint density at radius 1 is 0.680 bits per heavy atom. The van der Waals surface area contributed by atoms with Crippen molar-refractivity contribution in [2.45, 2.75) is 32.1 Å². The Labute approximate surface area is 182 Å². The fourth-order valence-electron chi connectivity index (χ4n) is 4.10. The molecule has 25 heavy (non-hydrogen) atoms. The average Bonchev–Trinajstić information content (AvgIpc) is 3.00. The van der Waals surface area contributed by atoms with E-state index in [2.05, 4.69) is 114 Å². The van der Waals surface area contributed by atoms with E-state index in [-0.39, 0.29) is 0 Å². The van der Waals surface area contributed by atoms with Crippen molar-refractivity contribution in [3.63, 3.8) is 0 Å². The summed E-state index contributed by atoms with van der Waals surface area (Å²) in [5.41, 5.74) is 8.42. The van der Waals surface area contributed by atoms with Gasteiger partial charge in [-0.1, -0.05) is 87.0 Å². The van der Waals surface area contributed by atoms with E-state index >= 15 is 0 Å². The van der Waals surface area contributed by atoms with Gasteiger partial charge in [0.2, 0.25) is 0 Å². The molecule has 2 aliphatic carbocycles. The van der Waals surface area contributed by atoms with Gasteiger partial charge in [-0.05, 0) is 66.8 Å². The highest BCUT2D eigenvalue weighted by Crippen LogP contribution is 2.50. The molecule has 0 radical (unpaired) electrons. The molecule has 4 heteroatoms. The van der Waals surface area contributed by atoms with E-state index in [1.807, 2.05) is 0 Å². The van der Waals surface area contributed by atoms with E-state index in [0.717, 1.165) is 15.4 Å². The lowest BCUT2D eigenvalue weighted by molar-refractivity contribution is 0.642. The lowest BCUT2D eigenvalue weighted by Gasteiger charge is -2.22. The number of rotatable bonds is 2. The van der Waals surface area contributed by atoms with Gasteiger partial charge in [0, 0.05) is 29.7 Å². The molecule has 4 rings (SSSR count). The molecule has 0 saturated carbocycles. The zero-order valence-corrected chi connectivity index (χ0v) is 20.2. The summed E-state index contributed by atoms with van der Waals surface area (Å²) in [4.78, 5) is 0. The molecule has 0 aliphatic heterocycles. The number of halogens is 4. The summed E-state index contributed by atoms with van der Waals surface area (Å²) in [6.07, 6.45) is 5.78. The highest BCUT2D eigenvalue weighted by molar-refractivity contribution is 9.11. The van der Waals surface area contributed by atoms with Gasteiger partial charge in [-0.3, -0.25) is 0 Å². The molecular weight excluding hydrogens is 572 g/mol. The maximum atomic E-state index is 3.72. The van der Waals surface area contributed by atoms with Crippen LogP contribution in [0.3, 0.4) is 0 Å². The van der Waals surface area contributed by atoms with Gasteiger partial charge in [-0.15, -0.1) is 0 Å².